The second-order valence-corrected chi connectivity index (χ2v) is 9.11. The van der Waals surface area contributed by atoms with Gasteiger partial charge in [-0.05, 0) is 64.9 Å². The number of rotatable bonds is 6. The maximum atomic E-state index is 12.6. The molecular formula is C23H22N2O3S. The van der Waals surface area contributed by atoms with Gasteiger partial charge in [0.15, 0.2) is 0 Å². The number of hydrogen-bond donors (Lipinski definition) is 2. The molecule has 6 heteroatoms. The van der Waals surface area contributed by atoms with Crippen molar-refractivity contribution in [1.82, 2.24) is 4.72 Å². The molecule has 0 heterocycles. The van der Waals surface area contributed by atoms with Crippen molar-refractivity contribution in [3.05, 3.63) is 89.0 Å². The minimum atomic E-state index is -3.19. The number of anilines is 1. The van der Waals surface area contributed by atoms with Crippen molar-refractivity contribution in [1.29, 1.82) is 0 Å². The van der Waals surface area contributed by atoms with E-state index in [0.29, 0.717) is 18.5 Å². The van der Waals surface area contributed by atoms with Crippen molar-refractivity contribution in [3.63, 3.8) is 0 Å². The predicted molar refractivity (Wildman–Crippen MR) is 116 cm³/mol. The lowest BCUT2D eigenvalue weighted by Gasteiger charge is -2.09. The van der Waals surface area contributed by atoms with Gasteiger partial charge in [-0.2, -0.15) is 0 Å². The van der Waals surface area contributed by atoms with Gasteiger partial charge in [-0.25, -0.2) is 13.1 Å². The molecule has 0 aliphatic heterocycles. The molecule has 0 atom stereocenters. The van der Waals surface area contributed by atoms with Crippen LogP contribution in [-0.4, -0.2) is 27.1 Å². The SMILES string of the molecule is CS(=O)(=O)NCCc1ccc(C(=O)Nc2ccc3c(c2)-c2ccccc2C3)cc1. The molecular weight excluding hydrogens is 384 g/mol. The molecule has 0 fully saturated rings. The Morgan fingerprint density at radius 2 is 1.66 bits per heavy atom. The Hall–Kier alpha value is -2.96. The van der Waals surface area contributed by atoms with Gasteiger partial charge >= 0.3 is 0 Å². The smallest absolute Gasteiger partial charge is 0.255 e. The molecule has 2 N–H and O–H groups in total. The molecule has 0 spiro atoms. The third-order valence-electron chi connectivity index (χ3n) is 5.05. The van der Waals surface area contributed by atoms with E-state index in [2.05, 4.69) is 28.2 Å². The summed E-state index contributed by atoms with van der Waals surface area (Å²) < 4.78 is 24.7. The second-order valence-electron chi connectivity index (χ2n) is 7.27. The maximum Gasteiger partial charge on any atom is 0.255 e. The Bertz CT molecular complexity index is 1170. The van der Waals surface area contributed by atoms with Crippen molar-refractivity contribution < 1.29 is 13.2 Å². The van der Waals surface area contributed by atoms with Crippen molar-refractivity contribution >= 4 is 21.6 Å². The average molecular weight is 407 g/mol. The van der Waals surface area contributed by atoms with Gasteiger partial charge in [0, 0.05) is 17.8 Å². The van der Waals surface area contributed by atoms with Crippen molar-refractivity contribution in [3.8, 4) is 11.1 Å². The third-order valence-corrected chi connectivity index (χ3v) is 5.78. The molecule has 3 aromatic rings. The Labute approximate surface area is 170 Å². The summed E-state index contributed by atoms with van der Waals surface area (Å²) in [7, 11) is -3.19. The Kier molecular flexibility index (Phi) is 5.22. The van der Waals surface area contributed by atoms with Crippen LogP contribution >= 0.6 is 0 Å². The van der Waals surface area contributed by atoms with Gasteiger partial charge in [0.25, 0.3) is 5.91 Å². The Balaban J connectivity index is 1.43. The number of carbonyl (C=O) groups excluding carboxylic acids is 1. The molecule has 0 bridgehead atoms. The zero-order valence-electron chi connectivity index (χ0n) is 16.1. The van der Waals surface area contributed by atoms with Gasteiger partial charge in [-0.15, -0.1) is 0 Å². The lowest BCUT2D eigenvalue weighted by Crippen LogP contribution is -2.24. The van der Waals surface area contributed by atoms with E-state index in [1.807, 2.05) is 36.4 Å². The van der Waals surface area contributed by atoms with E-state index in [0.717, 1.165) is 23.9 Å². The van der Waals surface area contributed by atoms with Crippen LogP contribution in [-0.2, 0) is 22.9 Å². The van der Waals surface area contributed by atoms with Gasteiger partial charge in [0.1, 0.15) is 0 Å². The molecule has 148 valence electrons. The van der Waals surface area contributed by atoms with Gasteiger partial charge in [0.05, 0.1) is 6.26 Å². The summed E-state index contributed by atoms with van der Waals surface area (Å²) in [4.78, 5) is 12.6. The van der Waals surface area contributed by atoms with Crippen molar-refractivity contribution in [2.24, 2.45) is 0 Å². The third kappa shape index (κ3) is 4.55. The van der Waals surface area contributed by atoms with Crippen LogP contribution in [0.1, 0.15) is 27.0 Å². The van der Waals surface area contributed by atoms with Gasteiger partial charge in [-0.3, -0.25) is 4.79 Å². The van der Waals surface area contributed by atoms with Crippen LogP contribution in [0.4, 0.5) is 5.69 Å². The van der Waals surface area contributed by atoms with Crippen LogP contribution in [0.3, 0.4) is 0 Å². The largest absolute Gasteiger partial charge is 0.322 e. The number of sulfonamides is 1. The molecule has 0 unspecified atom stereocenters. The van der Waals surface area contributed by atoms with Crippen molar-refractivity contribution in [2.45, 2.75) is 12.8 Å². The Morgan fingerprint density at radius 1 is 0.931 bits per heavy atom. The minimum absolute atomic E-state index is 0.169. The number of amides is 1. The van der Waals surface area contributed by atoms with E-state index >= 15 is 0 Å². The fourth-order valence-corrected chi connectivity index (χ4v) is 4.08. The zero-order valence-corrected chi connectivity index (χ0v) is 16.9. The summed E-state index contributed by atoms with van der Waals surface area (Å²) in [6, 6.07) is 21.6. The van der Waals surface area contributed by atoms with Crippen LogP contribution in [0.25, 0.3) is 11.1 Å². The molecule has 3 aromatic carbocycles. The van der Waals surface area contributed by atoms with E-state index in [4.69, 9.17) is 0 Å². The summed E-state index contributed by atoms with van der Waals surface area (Å²) in [5, 5.41) is 2.97. The van der Waals surface area contributed by atoms with E-state index in [-0.39, 0.29) is 5.91 Å². The highest BCUT2D eigenvalue weighted by Gasteiger charge is 2.18. The Morgan fingerprint density at radius 3 is 2.41 bits per heavy atom. The first-order valence-corrected chi connectivity index (χ1v) is 11.3. The first-order valence-electron chi connectivity index (χ1n) is 9.45. The topological polar surface area (TPSA) is 75.3 Å². The van der Waals surface area contributed by atoms with Crippen LogP contribution in [0, 0.1) is 0 Å². The summed E-state index contributed by atoms with van der Waals surface area (Å²) in [5.74, 6) is -0.169. The van der Waals surface area contributed by atoms with Crippen LogP contribution in [0.15, 0.2) is 66.7 Å². The number of nitrogens with one attached hydrogen (secondary N) is 2. The molecule has 1 amide bonds. The molecule has 29 heavy (non-hydrogen) atoms. The standard InChI is InChI=1S/C23H22N2O3S/c1-29(27,28)24-13-12-16-6-8-17(9-7-16)23(26)25-20-11-10-19-14-18-4-2-3-5-21(18)22(19)15-20/h2-11,15,24H,12-14H2,1H3,(H,25,26). The van der Waals surface area contributed by atoms with E-state index < -0.39 is 10.0 Å². The van der Waals surface area contributed by atoms with Crippen molar-refractivity contribution in [2.75, 3.05) is 18.1 Å². The maximum absolute atomic E-state index is 12.6. The zero-order chi connectivity index (χ0) is 20.4. The monoisotopic (exact) mass is 406 g/mol. The predicted octanol–water partition coefficient (Wildman–Crippen LogP) is 3.60. The van der Waals surface area contributed by atoms with E-state index in [1.54, 1.807) is 12.1 Å². The molecule has 0 radical (unpaired) electrons. The number of hydrogen-bond acceptors (Lipinski definition) is 3. The van der Waals surface area contributed by atoms with Gasteiger partial charge in [-0.1, -0.05) is 42.5 Å². The molecule has 1 aliphatic rings. The molecule has 0 saturated heterocycles. The van der Waals surface area contributed by atoms with Crippen LogP contribution in [0.2, 0.25) is 0 Å². The van der Waals surface area contributed by atoms with Crippen LogP contribution in [0.5, 0.6) is 0 Å². The van der Waals surface area contributed by atoms with E-state index in [1.165, 1.54) is 22.3 Å². The van der Waals surface area contributed by atoms with E-state index in [9.17, 15) is 13.2 Å². The van der Waals surface area contributed by atoms with Gasteiger partial charge < -0.3 is 5.32 Å². The summed E-state index contributed by atoms with van der Waals surface area (Å²) in [6.45, 7) is 0.334. The summed E-state index contributed by atoms with van der Waals surface area (Å²) in [6.07, 6.45) is 2.63. The number of fused-ring (bicyclic) bond motifs is 3. The normalized spacial score (nSPS) is 12.3. The molecule has 1 aliphatic carbocycles. The summed E-state index contributed by atoms with van der Waals surface area (Å²) in [5.41, 5.74) is 7.28. The second kappa shape index (κ2) is 7.81. The summed E-state index contributed by atoms with van der Waals surface area (Å²) >= 11 is 0. The molecule has 4 rings (SSSR count). The number of benzene rings is 3. The quantitative estimate of drug-likeness (QED) is 0.514. The first-order chi connectivity index (χ1) is 13.9. The van der Waals surface area contributed by atoms with Gasteiger partial charge in [0.2, 0.25) is 10.0 Å². The lowest BCUT2D eigenvalue weighted by molar-refractivity contribution is 0.102. The fraction of sp³-hybridized carbons (Fsp3) is 0.174. The fourth-order valence-electron chi connectivity index (χ4n) is 3.61. The minimum Gasteiger partial charge on any atom is -0.322 e. The first kappa shape index (κ1) is 19.4. The number of carbonyl (C=O) groups is 1. The highest BCUT2D eigenvalue weighted by atomic mass is 32.2. The van der Waals surface area contributed by atoms with Crippen LogP contribution < -0.4 is 10.0 Å². The molecule has 0 aromatic heterocycles. The molecule has 5 nitrogen and oxygen atoms in total. The highest BCUT2D eigenvalue weighted by Crippen LogP contribution is 2.37. The lowest BCUT2D eigenvalue weighted by atomic mass is 10.0. The highest BCUT2D eigenvalue weighted by molar-refractivity contribution is 7.88. The molecule has 0 saturated carbocycles. The average Bonchev–Trinajstić information content (AvgIpc) is 3.05.